The van der Waals surface area contributed by atoms with Crippen LogP contribution in [0, 0.1) is 0 Å². The minimum Gasteiger partial charge on any atom is -0.497 e. The summed E-state index contributed by atoms with van der Waals surface area (Å²) in [7, 11) is 6.34. The van der Waals surface area contributed by atoms with E-state index in [1.165, 1.54) is 19.1 Å². The number of nitrogens with two attached hydrogens (primary N) is 1. The van der Waals surface area contributed by atoms with Crippen molar-refractivity contribution < 1.29 is 14.3 Å². The maximum atomic E-state index is 11.8. The van der Waals surface area contributed by atoms with Crippen molar-refractivity contribution in [3.8, 4) is 11.5 Å². The van der Waals surface area contributed by atoms with Gasteiger partial charge in [0.2, 0.25) is 0 Å². The summed E-state index contributed by atoms with van der Waals surface area (Å²) in [6.45, 7) is 0. The van der Waals surface area contributed by atoms with Gasteiger partial charge < -0.3 is 20.1 Å². The molecule has 0 spiro atoms. The predicted molar refractivity (Wildman–Crippen MR) is 62.0 cm³/mol. The first-order valence-electron chi connectivity index (χ1n) is 4.74. The summed E-state index contributed by atoms with van der Waals surface area (Å²) in [4.78, 5) is 13.3. The van der Waals surface area contributed by atoms with Crippen LogP contribution in [0.1, 0.15) is 10.4 Å². The van der Waals surface area contributed by atoms with E-state index in [4.69, 9.17) is 15.2 Å². The van der Waals surface area contributed by atoms with E-state index in [1.807, 2.05) is 0 Å². The van der Waals surface area contributed by atoms with Crippen molar-refractivity contribution in [2.24, 2.45) is 0 Å². The van der Waals surface area contributed by atoms with Gasteiger partial charge in [0.15, 0.2) is 0 Å². The number of rotatable bonds is 3. The Bertz CT molecular complexity index is 402. The number of hydrogen-bond acceptors (Lipinski definition) is 4. The SMILES string of the molecule is COc1cc(OC)c(N)c(C(=O)N(C)C)c1. The molecule has 0 saturated heterocycles. The van der Waals surface area contributed by atoms with Gasteiger partial charge in [-0.3, -0.25) is 4.79 Å². The van der Waals surface area contributed by atoms with Crippen LogP contribution in [0.2, 0.25) is 0 Å². The quantitative estimate of drug-likeness (QED) is 0.777. The first-order chi connectivity index (χ1) is 7.51. The van der Waals surface area contributed by atoms with Gasteiger partial charge >= 0.3 is 0 Å². The molecule has 0 aliphatic heterocycles. The molecule has 0 unspecified atom stereocenters. The van der Waals surface area contributed by atoms with Gasteiger partial charge in [0.1, 0.15) is 11.5 Å². The lowest BCUT2D eigenvalue weighted by Crippen LogP contribution is -2.23. The zero-order valence-electron chi connectivity index (χ0n) is 9.90. The molecule has 5 nitrogen and oxygen atoms in total. The molecule has 1 rings (SSSR count). The van der Waals surface area contributed by atoms with Crippen LogP contribution >= 0.6 is 0 Å². The Morgan fingerprint density at radius 3 is 2.31 bits per heavy atom. The van der Waals surface area contributed by atoms with Crippen molar-refractivity contribution in [2.75, 3.05) is 34.0 Å². The highest BCUT2D eigenvalue weighted by atomic mass is 16.5. The highest BCUT2D eigenvalue weighted by Crippen LogP contribution is 2.31. The smallest absolute Gasteiger partial charge is 0.255 e. The van der Waals surface area contributed by atoms with E-state index in [0.29, 0.717) is 22.7 Å². The number of amides is 1. The molecular formula is C11H16N2O3. The molecule has 5 heteroatoms. The lowest BCUT2D eigenvalue weighted by atomic mass is 10.1. The molecule has 1 aromatic rings. The Morgan fingerprint density at radius 1 is 1.25 bits per heavy atom. The van der Waals surface area contributed by atoms with E-state index in [-0.39, 0.29) is 5.91 Å². The van der Waals surface area contributed by atoms with Crippen LogP contribution in [0.15, 0.2) is 12.1 Å². The monoisotopic (exact) mass is 224 g/mol. The van der Waals surface area contributed by atoms with E-state index >= 15 is 0 Å². The molecular weight excluding hydrogens is 208 g/mol. The number of methoxy groups -OCH3 is 2. The van der Waals surface area contributed by atoms with Crippen molar-refractivity contribution in [3.05, 3.63) is 17.7 Å². The molecule has 0 fully saturated rings. The van der Waals surface area contributed by atoms with Crippen molar-refractivity contribution in [1.29, 1.82) is 0 Å². The number of carbonyl (C=O) groups excluding carboxylic acids is 1. The molecule has 0 aliphatic rings. The summed E-state index contributed by atoms with van der Waals surface area (Å²) >= 11 is 0. The molecule has 0 radical (unpaired) electrons. The zero-order chi connectivity index (χ0) is 12.3. The van der Waals surface area contributed by atoms with Gasteiger partial charge in [0, 0.05) is 20.2 Å². The molecule has 0 bridgehead atoms. The summed E-state index contributed by atoms with van der Waals surface area (Å²) in [5.41, 5.74) is 6.53. The van der Waals surface area contributed by atoms with Crippen molar-refractivity contribution in [1.82, 2.24) is 4.90 Å². The topological polar surface area (TPSA) is 64.8 Å². The van der Waals surface area contributed by atoms with E-state index in [1.54, 1.807) is 26.2 Å². The van der Waals surface area contributed by atoms with E-state index in [2.05, 4.69) is 0 Å². The summed E-state index contributed by atoms with van der Waals surface area (Å²) in [5.74, 6) is 0.788. The fraction of sp³-hybridized carbons (Fsp3) is 0.364. The molecule has 1 amide bonds. The normalized spacial score (nSPS) is 9.75. The molecule has 2 N–H and O–H groups in total. The first-order valence-corrected chi connectivity index (χ1v) is 4.74. The van der Waals surface area contributed by atoms with E-state index in [9.17, 15) is 4.79 Å². The summed E-state index contributed by atoms with van der Waals surface area (Å²) in [6, 6.07) is 3.24. The van der Waals surface area contributed by atoms with Crippen LogP contribution in [-0.2, 0) is 0 Å². The van der Waals surface area contributed by atoms with Crippen LogP contribution in [0.25, 0.3) is 0 Å². The maximum absolute atomic E-state index is 11.8. The van der Waals surface area contributed by atoms with Crippen LogP contribution < -0.4 is 15.2 Å². The summed E-state index contributed by atoms with van der Waals surface area (Å²) in [5, 5.41) is 0. The molecule has 0 atom stereocenters. The molecule has 88 valence electrons. The van der Waals surface area contributed by atoms with Crippen molar-refractivity contribution in [2.45, 2.75) is 0 Å². The number of nitrogen functional groups attached to an aromatic ring is 1. The second-order valence-electron chi connectivity index (χ2n) is 3.49. The molecule has 16 heavy (non-hydrogen) atoms. The minimum atomic E-state index is -0.185. The molecule has 0 heterocycles. The zero-order valence-corrected chi connectivity index (χ0v) is 9.90. The Balaban J connectivity index is 3.31. The van der Waals surface area contributed by atoms with Gasteiger partial charge in [0.05, 0.1) is 25.5 Å². The average Bonchev–Trinajstić information content (AvgIpc) is 2.28. The van der Waals surface area contributed by atoms with Crippen LogP contribution in [0.5, 0.6) is 11.5 Å². The summed E-state index contributed by atoms with van der Waals surface area (Å²) < 4.78 is 10.2. The molecule has 0 saturated carbocycles. The number of hydrogen-bond donors (Lipinski definition) is 1. The van der Waals surface area contributed by atoms with Gasteiger partial charge in [-0.1, -0.05) is 0 Å². The Hall–Kier alpha value is -1.91. The molecule has 1 aromatic carbocycles. The summed E-state index contributed by atoms with van der Waals surface area (Å²) in [6.07, 6.45) is 0. The second-order valence-corrected chi connectivity index (χ2v) is 3.49. The van der Waals surface area contributed by atoms with Gasteiger partial charge in [-0.25, -0.2) is 0 Å². The van der Waals surface area contributed by atoms with E-state index in [0.717, 1.165) is 0 Å². The number of carbonyl (C=O) groups is 1. The van der Waals surface area contributed by atoms with Crippen molar-refractivity contribution >= 4 is 11.6 Å². The van der Waals surface area contributed by atoms with Crippen LogP contribution in [-0.4, -0.2) is 39.1 Å². The number of nitrogens with zero attached hydrogens (tertiary/aromatic N) is 1. The van der Waals surface area contributed by atoms with Crippen LogP contribution in [0.3, 0.4) is 0 Å². The third-order valence-corrected chi connectivity index (χ3v) is 2.21. The fourth-order valence-electron chi connectivity index (χ4n) is 1.31. The lowest BCUT2D eigenvalue weighted by molar-refractivity contribution is 0.0828. The van der Waals surface area contributed by atoms with Gasteiger partial charge in [0.25, 0.3) is 5.91 Å². The van der Waals surface area contributed by atoms with Gasteiger partial charge in [-0.2, -0.15) is 0 Å². The van der Waals surface area contributed by atoms with E-state index < -0.39 is 0 Å². The molecule has 0 aliphatic carbocycles. The Labute approximate surface area is 94.7 Å². The highest BCUT2D eigenvalue weighted by molar-refractivity contribution is 6.00. The van der Waals surface area contributed by atoms with Crippen LogP contribution in [0.4, 0.5) is 5.69 Å². The van der Waals surface area contributed by atoms with Crippen molar-refractivity contribution in [3.63, 3.8) is 0 Å². The largest absolute Gasteiger partial charge is 0.497 e. The Morgan fingerprint density at radius 2 is 1.88 bits per heavy atom. The number of benzene rings is 1. The first kappa shape index (κ1) is 12.2. The number of anilines is 1. The number of ether oxygens (including phenoxy) is 2. The standard InChI is InChI=1S/C11H16N2O3/c1-13(2)11(14)8-5-7(15-3)6-9(16-4)10(8)12/h5-6H,12H2,1-4H3. The highest BCUT2D eigenvalue weighted by Gasteiger charge is 2.17. The minimum absolute atomic E-state index is 0.185. The van der Waals surface area contributed by atoms with Gasteiger partial charge in [-0.05, 0) is 6.07 Å². The Kier molecular flexibility index (Phi) is 3.60. The second kappa shape index (κ2) is 4.74. The third kappa shape index (κ3) is 2.18. The predicted octanol–water partition coefficient (Wildman–Crippen LogP) is 0.988. The third-order valence-electron chi connectivity index (χ3n) is 2.21. The average molecular weight is 224 g/mol. The maximum Gasteiger partial charge on any atom is 0.255 e. The molecule has 0 aromatic heterocycles. The lowest BCUT2D eigenvalue weighted by Gasteiger charge is -2.15. The fourth-order valence-corrected chi connectivity index (χ4v) is 1.31. The van der Waals surface area contributed by atoms with Gasteiger partial charge in [-0.15, -0.1) is 0 Å².